The predicted molar refractivity (Wildman–Crippen MR) is 118 cm³/mol. The fourth-order valence-electron chi connectivity index (χ4n) is 3.76. The zero-order valence-corrected chi connectivity index (χ0v) is 17.8. The zero-order chi connectivity index (χ0) is 19.6. The van der Waals surface area contributed by atoms with Crippen molar-refractivity contribution < 1.29 is 4.74 Å². The summed E-state index contributed by atoms with van der Waals surface area (Å²) >= 11 is 6.14. The Bertz CT molecular complexity index is 621. The molecule has 0 spiro atoms. The van der Waals surface area contributed by atoms with E-state index in [0.29, 0.717) is 6.04 Å². The molecule has 0 bridgehead atoms. The van der Waals surface area contributed by atoms with Crippen LogP contribution in [0, 0.1) is 0 Å². The second-order valence-corrected chi connectivity index (χ2v) is 7.91. The van der Waals surface area contributed by atoms with E-state index in [1.165, 1.54) is 12.1 Å². The Balaban J connectivity index is 1.40. The lowest BCUT2D eigenvalue weighted by atomic mass is 10.2. The Morgan fingerprint density at radius 2 is 2.11 bits per heavy atom. The van der Waals surface area contributed by atoms with Gasteiger partial charge in [-0.1, -0.05) is 17.7 Å². The highest BCUT2D eigenvalue weighted by Gasteiger charge is 2.23. The summed E-state index contributed by atoms with van der Waals surface area (Å²) < 4.78 is 5.40. The van der Waals surface area contributed by atoms with Crippen LogP contribution in [0.15, 0.2) is 29.3 Å². The average molecular weight is 408 g/mol. The predicted octanol–water partition coefficient (Wildman–Crippen LogP) is 2.59. The molecule has 0 aliphatic carbocycles. The first-order valence-electron chi connectivity index (χ1n) is 10.6. The first-order chi connectivity index (χ1) is 13.7. The van der Waals surface area contributed by atoms with E-state index in [9.17, 15) is 0 Å². The second kappa shape index (κ2) is 11.5. The molecule has 1 unspecified atom stereocenters. The SMILES string of the molecule is CCNC(=NCCCCN1CCOCC1)NC1CCN(c2cccc(Cl)c2)C1. The molecule has 2 heterocycles. The van der Waals surface area contributed by atoms with E-state index >= 15 is 0 Å². The number of aliphatic imine (C=N–C) groups is 1. The molecule has 28 heavy (non-hydrogen) atoms. The summed E-state index contributed by atoms with van der Waals surface area (Å²) in [6, 6.07) is 8.51. The van der Waals surface area contributed by atoms with Gasteiger partial charge in [-0.3, -0.25) is 9.89 Å². The monoisotopic (exact) mass is 407 g/mol. The van der Waals surface area contributed by atoms with E-state index in [2.05, 4.69) is 33.4 Å². The van der Waals surface area contributed by atoms with Crippen LogP contribution in [0.25, 0.3) is 0 Å². The smallest absolute Gasteiger partial charge is 0.191 e. The molecule has 0 radical (unpaired) electrons. The van der Waals surface area contributed by atoms with Crippen molar-refractivity contribution in [2.24, 2.45) is 4.99 Å². The van der Waals surface area contributed by atoms with Crippen LogP contribution in [-0.2, 0) is 4.74 Å². The molecule has 0 aromatic heterocycles. The van der Waals surface area contributed by atoms with E-state index in [0.717, 1.165) is 82.9 Å². The van der Waals surface area contributed by atoms with Gasteiger partial charge in [0.1, 0.15) is 0 Å². The molecule has 2 aliphatic rings. The minimum atomic E-state index is 0.408. The van der Waals surface area contributed by atoms with Gasteiger partial charge in [0.05, 0.1) is 13.2 Å². The Morgan fingerprint density at radius 1 is 1.25 bits per heavy atom. The quantitative estimate of drug-likeness (QED) is 0.394. The fraction of sp³-hybridized carbons (Fsp3) is 0.667. The number of rotatable bonds is 8. The van der Waals surface area contributed by atoms with Crippen LogP contribution in [0.3, 0.4) is 0 Å². The Kier molecular flexibility index (Phi) is 8.70. The molecule has 1 aromatic rings. The van der Waals surface area contributed by atoms with Gasteiger partial charge in [0.2, 0.25) is 0 Å². The number of hydrogen-bond acceptors (Lipinski definition) is 4. The number of anilines is 1. The number of hydrogen-bond donors (Lipinski definition) is 2. The molecular weight excluding hydrogens is 374 g/mol. The maximum atomic E-state index is 6.14. The molecule has 1 atom stereocenters. The number of guanidine groups is 1. The van der Waals surface area contributed by atoms with Gasteiger partial charge in [-0.2, -0.15) is 0 Å². The zero-order valence-electron chi connectivity index (χ0n) is 17.0. The van der Waals surface area contributed by atoms with Gasteiger partial charge in [-0.05, 0) is 50.9 Å². The molecule has 2 N–H and O–H groups in total. The summed E-state index contributed by atoms with van der Waals surface area (Å²) in [4.78, 5) is 9.65. The van der Waals surface area contributed by atoms with Gasteiger partial charge in [-0.15, -0.1) is 0 Å². The lowest BCUT2D eigenvalue weighted by Crippen LogP contribution is -2.44. The number of unbranched alkanes of at least 4 members (excludes halogenated alkanes) is 1. The summed E-state index contributed by atoms with van der Waals surface area (Å²) in [6.45, 7) is 10.9. The molecule has 0 amide bonds. The minimum Gasteiger partial charge on any atom is -0.379 e. The van der Waals surface area contributed by atoms with Crippen molar-refractivity contribution in [3.05, 3.63) is 29.3 Å². The van der Waals surface area contributed by atoms with Crippen LogP contribution in [0.4, 0.5) is 5.69 Å². The molecule has 3 rings (SSSR count). The number of nitrogens with one attached hydrogen (secondary N) is 2. The standard InChI is InChI=1S/C21H34ClN5O/c1-2-23-21(24-9-3-4-10-26-12-14-28-15-13-26)25-19-8-11-27(17-19)20-7-5-6-18(22)16-20/h5-7,16,19H,2-4,8-15,17H2,1H3,(H2,23,24,25). The van der Waals surface area contributed by atoms with Crippen LogP contribution in [0.5, 0.6) is 0 Å². The van der Waals surface area contributed by atoms with Gasteiger partial charge in [0.25, 0.3) is 0 Å². The second-order valence-electron chi connectivity index (χ2n) is 7.48. The molecule has 6 nitrogen and oxygen atoms in total. The topological polar surface area (TPSA) is 52.1 Å². The maximum Gasteiger partial charge on any atom is 0.191 e. The lowest BCUT2D eigenvalue weighted by molar-refractivity contribution is 0.0373. The van der Waals surface area contributed by atoms with Gasteiger partial charge in [-0.25, -0.2) is 0 Å². The Labute approximate surface area is 174 Å². The van der Waals surface area contributed by atoms with Gasteiger partial charge in [0.15, 0.2) is 5.96 Å². The number of nitrogens with zero attached hydrogens (tertiary/aromatic N) is 3. The van der Waals surface area contributed by atoms with Crippen molar-refractivity contribution in [3.63, 3.8) is 0 Å². The minimum absolute atomic E-state index is 0.408. The van der Waals surface area contributed by atoms with Crippen LogP contribution >= 0.6 is 11.6 Å². The molecular formula is C21H34ClN5O. The first-order valence-corrected chi connectivity index (χ1v) is 11.0. The number of morpholine rings is 1. The van der Waals surface area contributed by atoms with Crippen molar-refractivity contribution in [3.8, 4) is 0 Å². The highest BCUT2D eigenvalue weighted by molar-refractivity contribution is 6.30. The Hall–Kier alpha value is -1.50. The van der Waals surface area contributed by atoms with Crippen molar-refractivity contribution >= 4 is 23.2 Å². The first kappa shape index (κ1) is 21.2. The number of benzene rings is 1. The average Bonchev–Trinajstić information content (AvgIpc) is 3.17. The molecule has 2 fully saturated rings. The fourth-order valence-corrected chi connectivity index (χ4v) is 3.95. The lowest BCUT2D eigenvalue weighted by Gasteiger charge is -2.26. The normalized spacial score (nSPS) is 21.1. The third-order valence-electron chi connectivity index (χ3n) is 5.30. The van der Waals surface area contributed by atoms with E-state index in [1.807, 2.05) is 18.2 Å². The number of ether oxygens (including phenoxy) is 1. The summed E-state index contributed by atoms with van der Waals surface area (Å²) in [6.07, 6.45) is 3.41. The van der Waals surface area contributed by atoms with E-state index in [4.69, 9.17) is 21.3 Å². The van der Waals surface area contributed by atoms with Crippen molar-refractivity contribution in [1.29, 1.82) is 0 Å². The van der Waals surface area contributed by atoms with Crippen LogP contribution < -0.4 is 15.5 Å². The third-order valence-corrected chi connectivity index (χ3v) is 5.54. The molecule has 2 saturated heterocycles. The molecule has 1 aromatic carbocycles. The summed E-state index contributed by atoms with van der Waals surface area (Å²) in [7, 11) is 0. The van der Waals surface area contributed by atoms with Crippen LogP contribution in [0.2, 0.25) is 5.02 Å². The molecule has 156 valence electrons. The van der Waals surface area contributed by atoms with Crippen molar-refractivity contribution in [1.82, 2.24) is 15.5 Å². The molecule has 7 heteroatoms. The largest absolute Gasteiger partial charge is 0.379 e. The molecule has 0 saturated carbocycles. The van der Waals surface area contributed by atoms with Gasteiger partial charge in [0, 0.05) is 56.0 Å². The Morgan fingerprint density at radius 3 is 2.89 bits per heavy atom. The van der Waals surface area contributed by atoms with Gasteiger partial charge >= 0.3 is 0 Å². The summed E-state index contributed by atoms with van der Waals surface area (Å²) in [5.41, 5.74) is 1.20. The van der Waals surface area contributed by atoms with E-state index in [-0.39, 0.29) is 0 Å². The van der Waals surface area contributed by atoms with Crippen molar-refractivity contribution in [2.45, 2.75) is 32.2 Å². The summed E-state index contributed by atoms with van der Waals surface area (Å²) in [5, 5.41) is 7.79. The van der Waals surface area contributed by atoms with Gasteiger partial charge < -0.3 is 20.3 Å². The summed E-state index contributed by atoms with van der Waals surface area (Å²) in [5.74, 6) is 0.937. The van der Waals surface area contributed by atoms with E-state index < -0.39 is 0 Å². The van der Waals surface area contributed by atoms with Crippen molar-refractivity contribution in [2.75, 3.05) is 63.9 Å². The third kappa shape index (κ3) is 6.83. The van der Waals surface area contributed by atoms with Crippen LogP contribution in [0.1, 0.15) is 26.2 Å². The van der Waals surface area contributed by atoms with E-state index in [1.54, 1.807) is 0 Å². The van der Waals surface area contributed by atoms with Crippen LogP contribution in [-0.4, -0.2) is 75.9 Å². The highest BCUT2D eigenvalue weighted by Crippen LogP contribution is 2.23. The molecule has 2 aliphatic heterocycles. The number of halogens is 1. The maximum absolute atomic E-state index is 6.14. The highest BCUT2D eigenvalue weighted by atomic mass is 35.5.